The van der Waals surface area contributed by atoms with E-state index >= 15 is 0 Å². The monoisotopic (exact) mass is 262 g/mol. The number of rotatable bonds is 4. The molecule has 0 radical (unpaired) electrons. The lowest BCUT2D eigenvalue weighted by Crippen LogP contribution is -2.22. The summed E-state index contributed by atoms with van der Waals surface area (Å²) in [6.45, 7) is -0.488. The zero-order valence-corrected chi connectivity index (χ0v) is 8.70. The maximum atomic E-state index is 12.6. The molecule has 1 unspecified atom stereocenters. The van der Waals surface area contributed by atoms with Gasteiger partial charge in [0.15, 0.2) is 0 Å². The molecule has 76 valence electrons. The van der Waals surface area contributed by atoms with Crippen molar-refractivity contribution in [1.29, 1.82) is 0 Å². The number of ether oxygens (including phenoxy) is 1. The van der Waals surface area contributed by atoms with Crippen LogP contribution in [0.3, 0.4) is 0 Å². The smallest absolute Gasteiger partial charge is 0.341 e. The lowest BCUT2D eigenvalue weighted by molar-refractivity contribution is -0.143. The van der Waals surface area contributed by atoms with Crippen LogP contribution in [0.5, 0.6) is 5.75 Å². The van der Waals surface area contributed by atoms with Gasteiger partial charge in [-0.25, -0.2) is 9.18 Å². The van der Waals surface area contributed by atoms with Crippen molar-refractivity contribution in [3.05, 3.63) is 28.7 Å². The molecule has 14 heavy (non-hydrogen) atoms. The van der Waals surface area contributed by atoms with E-state index in [-0.39, 0.29) is 0 Å². The van der Waals surface area contributed by atoms with Gasteiger partial charge >= 0.3 is 5.97 Å². The molecule has 0 amide bonds. The molecule has 0 aliphatic rings. The van der Waals surface area contributed by atoms with Crippen LogP contribution in [-0.4, -0.2) is 23.9 Å². The predicted molar refractivity (Wildman–Crippen MR) is 52.2 cm³/mol. The zero-order chi connectivity index (χ0) is 10.6. The van der Waals surface area contributed by atoms with Gasteiger partial charge in [-0.05, 0) is 28.1 Å². The van der Waals surface area contributed by atoms with Gasteiger partial charge in [-0.2, -0.15) is 0 Å². The molecular formula is C9H8BrFO3. The minimum absolute atomic E-state index is 0.427. The third-order valence-corrected chi connectivity index (χ3v) is 2.14. The van der Waals surface area contributed by atoms with Crippen molar-refractivity contribution in [3.8, 4) is 5.75 Å². The second kappa shape index (κ2) is 4.95. The molecule has 0 fully saturated rings. The number of benzene rings is 1. The van der Waals surface area contributed by atoms with Gasteiger partial charge < -0.3 is 9.84 Å². The van der Waals surface area contributed by atoms with Crippen LogP contribution in [0.4, 0.5) is 4.39 Å². The summed E-state index contributed by atoms with van der Waals surface area (Å²) < 4.78 is 18.2. The summed E-state index contributed by atoms with van der Waals surface area (Å²) in [7, 11) is 0. The number of alkyl halides is 1. The molecule has 1 aromatic carbocycles. The van der Waals surface area contributed by atoms with Gasteiger partial charge in [-0.3, -0.25) is 0 Å². The van der Waals surface area contributed by atoms with E-state index in [0.717, 1.165) is 0 Å². The first-order chi connectivity index (χ1) is 6.61. The fourth-order valence-corrected chi connectivity index (χ4v) is 1.20. The SMILES string of the molecule is O=C(O)C(F)COc1ccccc1Br. The first-order valence-electron chi connectivity index (χ1n) is 3.85. The standard InChI is InChI=1S/C9H8BrFO3/c10-6-3-1-2-4-8(6)14-5-7(11)9(12)13/h1-4,7H,5H2,(H,12,13). The fourth-order valence-electron chi connectivity index (χ4n) is 0.796. The number of halogens is 2. The normalized spacial score (nSPS) is 12.1. The maximum Gasteiger partial charge on any atom is 0.341 e. The predicted octanol–water partition coefficient (Wildman–Crippen LogP) is 2.25. The Hall–Kier alpha value is -1.10. The minimum atomic E-state index is -2.00. The third kappa shape index (κ3) is 2.99. The van der Waals surface area contributed by atoms with Crippen LogP contribution in [0.2, 0.25) is 0 Å². The maximum absolute atomic E-state index is 12.6. The zero-order valence-electron chi connectivity index (χ0n) is 7.11. The van der Waals surface area contributed by atoms with E-state index in [2.05, 4.69) is 15.9 Å². The number of para-hydroxylation sites is 1. The largest absolute Gasteiger partial charge is 0.489 e. The average molecular weight is 263 g/mol. The highest BCUT2D eigenvalue weighted by atomic mass is 79.9. The highest BCUT2D eigenvalue weighted by Crippen LogP contribution is 2.23. The summed E-state index contributed by atoms with van der Waals surface area (Å²) in [5.41, 5.74) is 0. The summed E-state index contributed by atoms with van der Waals surface area (Å²) in [4.78, 5) is 10.1. The molecule has 0 saturated carbocycles. The Bertz CT molecular complexity index is 330. The summed E-state index contributed by atoms with van der Waals surface area (Å²) in [5.74, 6) is -1.09. The van der Waals surface area contributed by atoms with Gasteiger partial charge in [0, 0.05) is 0 Å². The van der Waals surface area contributed by atoms with Crippen molar-refractivity contribution in [1.82, 2.24) is 0 Å². The third-order valence-electron chi connectivity index (χ3n) is 1.49. The number of aliphatic carboxylic acids is 1. The average Bonchev–Trinajstić information content (AvgIpc) is 2.16. The molecule has 0 aliphatic heterocycles. The fraction of sp³-hybridized carbons (Fsp3) is 0.222. The van der Waals surface area contributed by atoms with Crippen molar-refractivity contribution in [2.45, 2.75) is 6.17 Å². The van der Waals surface area contributed by atoms with Gasteiger partial charge in [-0.1, -0.05) is 12.1 Å². The summed E-state index contributed by atoms with van der Waals surface area (Å²) in [6.07, 6.45) is -2.00. The van der Waals surface area contributed by atoms with Gasteiger partial charge in [0.1, 0.15) is 12.4 Å². The van der Waals surface area contributed by atoms with Crippen LogP contribution in [0.25, 0.3) is 0 Å². The molecule has 1 rings (SSSR count). The quantitative estimate of drug-likeness (QED) is 0.906. The summed E-state index contributed by atoms with van der Waals surface area (Å²) >= 11 is 3.19. The van der Waals surface area contributed by atoms with Crippen molar-refractivity contribution in [2.24, 2.45) is 0 Å². The van der Waals surface area contributed by atoms with Crippen LogP contribution in [0.15, 0.2) is 28.7 Å². The molecule has 0 aliphatic carbocycles. The molecule has 1 N–H and O–H groups in total. The van der Waals surface area contributed by atoms with E-state index in [4.69, 9.17) is 9.84 Å². The van der Waals surface area contributed by atoms with E-state index in [9.17, 15) is 9.18 Å². The van der Waals surface area contributed by atoms with Crippen LogP contribution in [0, 0.1) is 0 Å². The molecule has 1 aromatic rings. The minimum Gasteiger partial charge on any atom is -0.489 e. The van der Waals surface area contributed by atoms with Crippen LogP contribution < -0.4 is 4.74 Å². The molecule has 5 heteroatoms. The second-order valence-corrected chi connectivity index (χ2v) is 3.40. The van der Waals surface area contributed by atoms with Gasteiger partial charge in [0.2, 0.25) is 6.17 Å². The molecular weight excluding hydrogens is 255 g/mol. The lowest BCUT2D eigenvalue weighted by Gasteiger charge is -2.08. The molecule has 0 aromatic heterocycles. The highest BCUT2D eigenvalue weighted by molar-refractivity contribution is 9.10. The second-order valence-electron chi connectivity index (χ2n) is 2.55. The van der Waals surface area contributed by atoms with Gasteiger partial charge in [-0.15, -0.1) is 0 Å². The van der Waals surface area contributed by atoms with Crippen molar-refractivity contribution >= 4 is 21.9 Å². The molecule has 0 bridgehead atoms. The topological polar surface area (TPSA) is 46.5 Å². The Morgan fingerprint density at radius 2 is 2.21 bits per heavy atom. The number of carboxylic acids is 1. The van der Waals surface area contributed by atoms with Crippen molar-refractivity contribution in [2.75, 3.05) is 6.61 Å². The van der Waals surface area contributed by atoms with Gasteiger partial charge in [0.05, 0.1) is 4.47 Å². The Kier molecular flexibility index (Phi) is 3.88. The van der Waals surface area contributed by atoms with E-state index in [1.807, 2.05) is 0 Å². The first-order valence-corrected chi connectivity index (χ1v) is 4.65. The number of carboxylic acid groups (broad SMARTS) is 1. The number of carbonyl (C=O) groups is 1. The molecule has 0 spiro atoms. The molecule has 1 atom stereocenters. The highest BCUT2D eigenvalue weighted by Gasteiger charge is 2.16. The molecule has 3 nitrogen and oxygen atoms in total. The molecule has 0 saturated heterocycles. The van der Waals surface area contributed by atoms with E-state index in [1.54, 1.807) is 24.3 Å². The van der Waals surface area contributed by atoms with E-state index in [0.29, 0.717) is 10.2 Å². The first kappa shape index (κ1) is 11.0. The molecule has 0 heterocycles. The number of hydrogen-bond acceptors (Lipinski definition) is 2. The van der Waals surface area contributed by atoms with E-state index in [1.165, 1.54) is 0 Å². The van der Waals surface area contributed by atoms with Crippen LogP contribution in [-0.2, 0) is 4.79 Å². The summed E-state index contributed by atoms with van der Waals surface area (Å²) in [6, 6.07) is 6.84. The Labute approximate surface area is 88.6 Å². The van der Waals surface area contributed by atoms with Gasteiger partial charge in [0.25, 0.3) is 0 Å². The lowest BCUT2D eigenvalue weighted by atomic mass is 10.3. The van der Waals surface area contributed by atoms with Crippen LogP contribution >= 0.6 is 15.9 Å². The van der Waals surface area contributed by atoms with Crippen LogP contribution in [0.1, 0.15) is 0 Å². The Balaban J connectivity index is 2.54. The Morgan fingerprint density at radius 3 is 2.79 bits per heavy atom. The van der Waals surface area contributed by atoms with E-state index < -0.39 is 18.7 Å². The number of hydrogen-bond donors (Lipinski definition) is 1. The van der Waals surface area contributed by atoms with Crippen molar-refractivity contribution < 1.29 is 19.0 Å². The van der Waals surface area contributed by atoms with Crippen molar-refractivity contribution in [3.63, 3.8) is 0 Å². The Morgan fingerprint density at radius 1 is 1.57 bits per heavy atom. The summed E-state index contributed by atoms with van der Waals surface area (Å²) in [5, 5.41) is 8.26.